The Morgan fingerprint density at radius 2 is 2.08 bits per heavy atom. The van der Waals surface area contributed by atoms with Crippen LogP contribution in [0.1, 0.15) is 32.1 Å². The predicted octanol–water partition coefficient (Wildman–Crippen LogP) is 5.71. The first-order valence-corrected chi connectivity index (χ1v) is 9.62. The van der Waals surface area contributed by atoms with E-state index in [1.54, 1.807) is 4.90 Å². The molecule has 1 N–H and O–H groups in total. The maximum absolute atomic E-state index is 12.3. The van der Waals surface area contributed by atoms with Crippen LogP contribution in [0.25, 0.3) is 0 Å². The maximum Gasteiger partial charge on any atom is 0.414 e. The molecule has 0 saturated carbocycles. The van der Waals surface area contributed by atoms with Gasteiger partial charge in [0.15, 0.2) is 4.67 Å². The molecule has 3 rings (SSSR count). The summed E-state index contributed by atoms with van der Waals surface area (Å²) in [5.74, 6) is 0.828. The average Bonchev–Trinajstić information content (AvgIpc) is 3.07. The normalized spacial score (nSPS) is 13.7. The first-order valence-electron chi connectivity index (χ1n) is 8.04. The first-order chi connectivity index (χ1) is 11.7. The van der Waals surface area contributed by atoms with Crippen molar-refractivity contribution in [1.82, 2.24) is 0 Å². The Hall–Kier alpha value is -1.47. The van der Waals surface area contributed by atoms with E-state index in [1.165, 1.54) is 0 Å². The van der Waals surface area contributed by atoms with Gasteiger partial charge in [-0.15, -0.1) is 0 Å². The predicted molar refractivity (Wildman–Crippen MR) is 105 cm³/mol. The zero-order chi connectivity index (χ0) is 18.2. The van der Waals surface area contributed by atoms with E-state index in [0.717, 1.165) is 33.6 Å². The number of carbonyl (C=O) groups is 1. The fraction of sp³-hybridized carbons (Fsp3) is 0.389. The zero-order valence-electron chi connectivity index (χ0n) is 14.4. The molecule has 7 heteroatoms. The molecule has 0 atom stereocenters. The molecule has 1 amide bonds. The summed E-state index contributed by atoms with van der Waals surface area (Å²) < 4.78 is 12.6. The lowest BCUT2D eigenvalue weighted by atomic mass is 10.1. The number of carbonyl (C=O) groups excluding carboxylic acids is 1. The fourth-order valence-corrected chi connectivity index (χ4v) is 3.34. The Kier molecular flexibility index (Phi) is 5.16. The first kappa shape index (κ1) is 18.3. The molecule has 2 aromatic rings. The maximum atomic E-state index is 12.3. The van der Waals surface area contributed by atoms with E-state index in [-0.39, 0.29) is 6.09 Å². The number of ether oxygens (including phenoxy) is 1. The monoisotopic (exact) mass is 470 g/mol. The smallest absolute Gasteiger partial charge is 0.414 e. The van der Waals surface area contributed by atoms with E-state index < -0.39 is 5.60 Å². The number of hydrogen-bond donors (Lipinski definition) is 1. The van der Waals surface area contributed by atoms with Gasteiger partial charge in [0.05, 0.1) is 16.7 Å². The van der Waals surface area contributed by atoms with Crippen LogP contribution in [0.3, 0.4) is 0 Å². The van der Waals surface area contributed by atoms with Gasteiger partial charge in [0.1, 0.15) is 11.4 Å². The second kappa shape index (κ2) is 7.03. The average molecular weight is 472 g/mol. The number of amides is 1. The summed E-state index contributed by atoms with van der Waals surface area (Å²) in [5, 5.41) is 3.34. The highest BCUT2D eigenvalue weighted by atomic mass is 79.9. The lowest BCUT2D eigenvalue weighted by molar-refractivity contribution is 0.0584. The van der Waals surface area contributed by atoms with Crippen molar-refractivity contribution in [3.63, 3.8) is 0 Å². The van der Waals surface area contributed by atoms with Crippen molar-refractivity contribution in [3.05, 3.63) is 44.7 Å². The third-order valence-electron chi connectivity index (χ3n) is 3.75. The Bertz CT molecular complexity index is 777. The van der Waals surface area contributed by atoms with Gasteiger partial charge in [-0.25, -0.2) is 4.79 Å². The van der Waals surface area contributed by atoms with Crippen LogP contribution in [0.4, 0.5) is 16.2 Å². The molecule has 5 nitrogen and oxygen atoms in total. The zero-order valence-corrected chi connectivity index (χ0v) is 17.5. The highest BCUT2D eigenvalue weighted by molar-refractivity contribution is 9.13. The number of hydrogen-bond acceptors (Lipinski definition) is 4. The minimum absolute atomic E-state index is 0.294. The Morgan fingerprint density at radius 3 is 2.72 bits per heavy atom. The van der Waals surface area contributed by atoms with Crippen molar-refractivity contribution in [1.29, 1.82) is 0 Å². The number of anilines is 2. The Labute approximate surface area is 164 Å². The molecule has 2 heterocycles. The van der Waals surface area contributed by atoms with Crippen molar-refractivity contribution in [3.8, 4) is 0 Å². The number of furan rings is 1. The van der Waals surface area contributed by atoms with Crippen molar-refractivity contribution >= 4 is 49.3 Å². The number of halogens is 2. The van der Waals surface area contributed by atoms with Gasteiger partial charge in [0.2, 0.25) is 0 Å². The molecule has 1 aromatic heterocycles. The Morgan fingerprint density at radius 1 is 1.32 bits per heavy atom. The molecule has 0 radical (unpaired) electrons. The summed E-state index contributed by atoms with van der Waals surface area (Å²) in [4.78, 5) is 14.0. The van der Waals surface area contributed by atoms with Crippen molar-refractivity contribution in [2.75, 3.05) is 16.8 Å². The Balaban J connectivity index is 1.68. The fourth-order valence-electron chi connectivity index (χ4n) is 2.69. The third-order valence-corrected chi connectivity index (χ3v) is 5.46. The highest BCUT2D eigenvalue weighted by Crippen LogP contribution is 2.32. The summed E-state index contributed by atoms with van der Waals surface area (Å²) in [6, 6.07) is 7.93. The largest absolute Gasteiger partial charge is 0.451 e. The minimum Gasteiger partial charge on any atom is -0.451 e. The molecular formula is C18H20Br2N2O3. The van der Waals surface area contributed by atoms with E-state index in [0.29, 0.717) is 17.8 Å². The molecule has 134 valence electrons. The summed E-state index contributed by atoms with van der Waals surface area (Å²) >= 11 is 6.74. The van der Waals surface area contributed by atoms with Gasteiger partial charge in [-0.2, -0.15) is 0 Å². The molecule has 1 aromatic carbocycles. The number of nitrogens with zero attached hydrogens (tertiary/aromatic N) is 1. The van der Waals surface area contributed by atoms with E-state index in [2.05, 4.69) is 43.2 Å². The third kappa shape index (κ3) is 4.39. The highest BCUT2D eigenvalue weighted by Gasteiger charge is 2.28. The molecule has 1 aliphatic rings. The lowest BCUT2D eigenvalue weighted by Gasteiger charge is -2.24. The molecule has 0 unspecified atom stereocenters. The van der Waals surface area contributed by atoms with Gasteiger partial charge < -0.3 is 14.5 Å². The molecule has 1 aliphatic heterocycles. The van der Waals surface area contributed by atoms with Crippen LogP contribution in [-0.4, -0.2) is 18.2 Å². The topological polar surface area (TPSA) is 54.7 Å². The minimum atomic E-state index is -0.493. The van der Waals surface area contributed by atoms with E-state index in [4.69, 9.17) is 9.15 Å². The number of nitrogens with one attached hydrogen (secondary N) is 1. The molecule has 0 bridgehead atoms. The molecule has 0 fully saturated rings. The van der Waals surface area contributed by atoms with E-state index in [9.17, 15) is 4.79 Å². The molecule has 0 spiro atoms. The van der Waals surface area contributed by atoms with Gasteiger partial charge in [-0.3, -0.25) is 4.90 Å². The molecular weight excluding hydrogens is 452 g/mol. The van der Waals surface area contributed by atoms with Gasteiger partial charge in [-0.05, 0) is 88.9 Å². The summed E-state index contributed by atoms with van der Waals surface area (Å²) in [7, 11) is 0. The number of fused-ring (bicyclic) bond motifs is 1. The summed E-state index contributed by atoms with van der Waals surface area (Å²) in [6.07, 6.45) is 0.527. The van der Waals surface area contributed by atoms with E-state index in [1.807, 2.05) is 39.0 Å². The second-order valence-corrected chi connectivity index (χ2v) is 8.49. The van der Waals surface area contributed by atoms with Gasteiger partial charge in [0, 0.05) is 12.2 Å². The standard InChI is InChI=1S/C18H20Br2N2O3/c1-18(2,3)25-17(23)22-7-6-11-8-12(4-5-15(11)22)21-10-13-9-14(19)16(20)24-13/h4-5,8-9,21H,6-7,10H2,1-3H3. The van der Waals surface area contributed by atoms with Crippen LogP contribution < -0.4 is 10.2 Å². The molecule has 25 heavy (non-hydrogen) atoms. The van der Waals surface area contributed by atoms with Crippen LogP contribution in [0.15, 0.2) is 37.8 Å². The van der Waals surface area contributed by atoms with Crippen LogP contribution >= 0.6 is 31.9 Å². The van der Waals surface area contributed by atoms with Crippen LogP contribution in [0.2, 0.25) is 0 Å². The van der Waals surface area contributed by atoms with Crippen LogP contribution in [0, 0.1) is 0 Å². The second-order valence-electron chi connectivity index (χ2n) is 6.91. The van der Waals surface area contributed by atoms with Crippen LogP contribution in [-0.2, 0) is 17.7 Å². The van der Waals surface area contributed by atoms with Crippen molar-refractivity contribution < 1.29 is 13.9 Å². The molecule has 0 aliphatic carbocycles. The van der Waals surface area contributed by atoms with Crippen LogP contribution in [0.5, 0.6) is 0 Å². The van der Waals surface area contributed by atoms with Gasteiger partial charge in [0.25, 0.3) is 0 Å². The summed E-state index contributed by atoms with van der Waals surface area (Å²) in [6.45, 7) is 6.85. The van der Waals surface area contributed by atoms with Crippen molar-refractivity contribution in [2.45, 2.75) is 39.3 Å². The van der Waals surface area contributed by atoms with Gasteiger partial charge in [-0.1, -0.05) is 0 Å². The quantitative estimate of drug-likeness (QED) is 0.622. The lowest BCUT2D eigenvalue weighted by Crippen LogP contribution is -2.35. The van der Waals surface area contributed by atoms with Crippen molar-refractivity contribution in [2.24, 2.45) is 0 Å². The summed E-state index contributed by atoms with van der Waals surface area (Å²) in [5.41, 5.74) is 2.56. The SMILES string of the molecule is CC(C)(C)OC(=O)N1CCc2cc(NCc3cc(Br)c(Br)o3)ccc21. The van der Waals surface area contributed by atoms with Gasteiger partial charge >= 0.3 is 6.09 Å². The number of benzene rings is 1. The number of rotatable bonds is 3. The van der Waals surface area contributed by atoms with E-state index >= 15 is 0 Å². The molecule has 0 saturated heterocycles.